The SMILES string of the molecule is CCN=C(N)Cn1cc(C)cn1. The van der Waals surface area contributed by atoms with E-state index in [9.17, 15) is 0 Å². The van der Waals surface area contributed by atoms with Crippen LogP contribution in [0.15, 0.2) is 17.4 Å². The van der Waals surface area contributed by atoms with Gasteiger partial charge in [0.25, 0.3) is 0 Å². The van der Waals surface area contributed by atoms with Crippen molar-refractivity contribution in [1.82, 2.24) is 9.78 Å². The third-order valence-corrected chi connectivity index (χ3v) is 1.45. The van der Waals surface area contributed by atoms with Crippen LogP contribution in [-0.4, -0.2) is 22.2 Å². The lowest BCUT2D eigenvalue weighted by Gasteiger charge is -1.99. The van der Waals surface area contributed by atoms with Gasteiger partial charge in [0, 0.05) is 12.7 Å². The Hall–Kier alpha value is -1.32. The van der Waals surface area contributed by atoms with Crippen LogP contribution in [0.2, 0.25) is 0 Å². The van der Waals surface area contributed by atoms with Crippen LogP contribution in [0.1, 0.15) is 12.5 Å². The molecule has 4 nitrogen and oxygen atoms in total. The van der Waals surface area contributed by atoms with Crippen LogP contribution in [0, 0.1) is 6.92 Å². The molecule has 2 N–H and O–H groups in total. The van der Waals surface area contributed by atoms with E-state index in [4.69, 9.17) is 5.73 Å². The molecule has 0 atom stereocenters. The van der Waals surface area contributed by atoms with Gasteiger partial charge in [-0.1, -0.05) is 0 Å². The fourth-order valence-corrected chi connectivity index (χ4v) is 0.972. The van der Waals surface area contributed by atoms with Crippen LogP contribution < -0.4 is 5.73 Å². The first-order valence-corrected chi connectivity index (χ1v) is 4.00. The summed E-state index contributed by atoms with van der Waals surface area (Å²) in [5, 5.41) is 4.09. The summed E-state index contributed by atoms with van der Waals surface area (Å²) in [6.45, 7) is 5.27. The number of aryl methyl sites for hydroxylation is 1. The molecule has 0 amide bonds. The molecule has 0 aliphatic heterocycles. The predicted octanol–water partition coefficient (Wildman–Crippen LogP) is 0.569. The quantitative estimate of drug-likeness (QED) is 0.527. The van der Waals surface area contributed by atoms with E-state index in [1.54, 1.807) is 10.9 Å². The fourth-order valence-electron chi connectivity index (χ4n) is 0.972. The van der Waals surface area contributed by atoms with Crippen molar-refractivity contribution in [2.75, 3.05) is 6.54 Å². The van der Waals surface area contributed by atoms with Gasteiger partial charge in [0.1, 0.15) is 5.84 Å². The molecule has 1 aromatic rings. The summed E-state index contributed by atoms with van der Waals surface area (Å²) in [5.41, 5.74) is 6.75. The molecule has 0 unspecified atom stereocenters. The van der Waals surface area contributed by atoms with Crippen molar-refractivity contribution in [3.63, 3.8) is 0 Å². The van der Waals surface area contributed by atoms with Gasteiger partial charge < -0.3 is 5.73 Å². The van der Waals surface area contributed by atoms with Gasteiger partial charge in [-0.2, -0.15) is 5.10 Å². The maximum atomic E-state index is 5.61. The highest BCUT2D eigenvalue weighted by Crippen LogP contribution is 1.93. The minimum Gasteiger partial charge on any atom is -0.386 e. The molecule has 1 rings (SSSR count). The molecule has 1 heterocycles. The number of nitrogens with two attached hydrogens (primary N) is 1. The molecular formula is C8H14N4. The summed E-state index contributed by atoms with van der Waals surface area (Å²) in [6, 6.07) is 0. The number of nitrogens with zero attached hydrogens (tertiary/aromatic N) is 3. The zero-order valence-electron chi connectivity index (χ0n) is 7.49. The molecule has 1 aromatic heterocycles. The van der Waals surface area contributed by atoms with E-state index >= 15 is 0 Å². The minimum atomic E-state index is 0.585. The standard InChI is InChI=1S/C8H14N4/c1-3-10-8(9)6-12-5-7(2)4-11-12/h4-5H,3,6H2,1-2H3,(H2,9,10). The Kier molecular flexibility index (Phi) is 2.85. The summed E-state index contributed by atoms with van der Waals surface area (Å²) in [5.74, 6) is 0.626. The molecule has 0 aromatic carbocycles. The molecule has 0 radical (unpaired) electrons. The van der Waals surface area contributed by atoms with Gasteiger partial charge in [-0.25, -0.2) is 0 Å². The van der Waals surface area contributed by atoms with E-state index in [2.05, 4.69) is 10.1 Å². The Morgan fingerprint density at radius 3 is 3.00 bits per heavy atom. The molecule has 0 fully saturated rings. The topological polar surface area (TPSA) is 56.2 Å². The average Bonchev–Trinajstić information content (AvgIpc) is 2.36. The van der Waals surface area contributed by atoms with Crippen molar-refractivity contribution in [2.24, 2.45) is 10.7 Å². The van der Waals surface area contributed by atoms with Gasteiger partial charge in [-0.05, 0) is 19.4 Å². The molecule has 66 valence electrons. The Morgan fingerprint density at radius 2 is 2.50 bits per heavy atom. The zero-order chi connectivity index (χ0) is 8.97. The number of aromatic nitrogens is 2. The fraction of sp³-hybridized carbons (Fsp3) is 0.500. The van der Waals surface area contributed by atoms with Gasteiger partial charge in [-0.3, -0.25) is 9.67 Å². The van der Waals surface area contributed by atoms with Gasteiger partial charge in [-0.15, -0.1) is 0 Å². The van der Waals surface area contributed by atoms with E-state index < -0.39 is 0 Å². The van der Waals surface area contributed by atoms with E-state index in [-0.39, 0.29) is 0 Å². The van der Waals surface area contributed by atoms with Crippen molar-refractivity contribution >= 4 is 5.84 Å². The maximum Gasteiger partial charge on any atom is 0.116 e. The van der Waals surface area contributed by atoms with Crippen LogP contribution in [0.3, 0.4) is 0 Å². The van der Waals surface area contributed by atoms with Gasteiger partial charge in [0.05, 0.1) is 12.7 Å². The zero-order valence-corrected chi connectivity index (χ0v) is 7.49. The second-order valence-corrected chi connectivity index (χ2v) is 2.68. The lowest BCUT2D eigenvalue weighted by molar-refractivity contribution is 0.717. The van der Waals surface area contributed by atoms with Crippen molar-refractivity contribution in [1.29, 1.82) is 0 Å². The lowest BCUT2D eigenvalue weighted by Crippen LogP contribution is -2.20. The maximum absolute atomic E-state index is 5.61. The summed E-state index contributed by atoms with van der Waals surface area (Å²) in [7, 11) is 0. The van der Waals surface area contributed by atoms with Crippen molar-refractivity contribution in [2.45, 2.75) is 20.4 Å². The van der Waals surface area contributed by atoms with Crippen LogP contribution >= 0.6 is 0 Å². The first-order chi connectivity index (χ1) is 5.72. The summed E-state index contributed by atoms with van der Waals surface area (Å²) >= 11 is 0. The number of rotatable bonds is 3. The lowest BCUT2D eigenvalue weighted by atomic mass is 10.4. The highest BCUT2D eigenvalue weighted by molar-refractivity contribution is 5.79. The van der Waals surface area contributed by atoms with Gasteiger partial charge in [0.15, 0.2) is 0 Å². The van der Waals surface area contributed by atoms with E-state index in [0.717, 1.165) is 12.1 Å². The summed E-state index contributed by atoms with van der Waals surface area (Å²) in [6.07, 6.45) is 3.75. The average molecular weight is 166 g/mol. The van der Waals surface area contributed by atoms with Crippen LogP contribution in [0.25, 0.3) is 0 Å². The second-order valence-electron chi connectivity index (χ2n) is 2.68. The summed E-state index contributed by atoms with van der Waals surface area (Å²) in [4.78, 5) is 4.06. The van der Waals surface area contributed by atoms with Crippen molar-refractivity contribution in [3.05, 3.63) is 18.0 Å². The smallest absolute Gasteiger partial charge is 0.116 e. The third kappa shape index (κ3) is 2.38. The number of aliphatic imine (C=N–C) groups is 1. The van der Waals surface area contributed by atoms with Crippen LogP contribution in [0.5, 0.6) is 0 Å². The van der Waals surface area contributed by atoms with E-state index in [1.807, 2.05) is 20.0 Å². The van der Waals surface area contributed by atoms with E-state index in [0.29, 0.717) is 12.4 Å². The first-order valence-electron chi connectivity index (χ1n) is 4.00. The molecule has 0 aliphatic rings. The number of hydrogen-bond donors (Lipinski definition) is 1. The molecule has 0 saturated carbocycles. The van der Waals surface area contributed by atoms with Crippen LogP contribution in [0.4, 0.5) is 0 Å². The Bertz CT molecular complexity index is 274. The summed E-state index contributed by atoms with van der Waals surface area (Å²) < 4.78 is 1.78. The molecular weight excluding hydrogens is 152 g/mol. The van der Waals surface area contributed by atoms with Crippen LogP contribution in [-0.2, 0) is 6.54 Å². The van der Waals surface area contributed by atoms with E-state index in [1.165, 1.54) is 0 Å². The molecule has 0 bridgehead atoms. The monoisotopic (exact) mass is 166 g/mol. The van der Waals surface area contributed by atoms with Gasteiger partial charge in [0.2, 0.25) is 0 Å². The van der Waals surface area contributed by atoms with Gasteiger partial charge >= 0.3 is 0 Å². The Morgan fingerprint density at radius 1 is 1.75 bits per heavy atom. The molecule has 0 saturated heterocycles. The largest absolute Gasteiger partial charge is 0.386 e. The van der Waals surface area contributed by atoms with Crippen molar-refractivity contribution in [3.8, 4) is 0 Å². The second kappa shape index (κ2) is 3.90. The molecule has 0 aliphatic carbocycles. The molecule has 12 heavy (non-hydrogen) atoms. The number of hydrogen-bond acceptors (Lipinski definition) is 2. The first kappa shape index (κ1) is 8.77. The minimum absolute atomic E-state index is 0.585. The highest BCUT2D eigenvalue weighted by atomic mass is 15.3. The molecule has 4 heteroatoms. The molecule has 0 spiro atoms. The Labute approximate surface area is 72.1 Å². The normalized spacial score (nSPS) is 12.0. The number of amidine groups is 1. The van der Waals surface area contributed by atoms with Crippen molar-refractivity contribution < 1.29 is 0 Å². The predicted molar refractivity (Wildman–Crippen MR) is 49.1 cm³/mol. The Balaban J connectivity index is 2.58. The highest BCUT2D eigenvalue weighted by Gasteiger charge is 1.95. The third-order valence-electron chi connectivity index (χ3n) is 1.45.